The highest BCUT2D eigenvalue weighted by atomic mass is 15.3. The van der Waals surface area contributed by atoms with Crippen LogP contribution >= 0.6 is 0 Å². The quantitative estimate of drug-likeness (QED) is 0.732. The SMILES string of the molecule is CCCc1cnc(N2CCCC2)nc1. The standard InChI is InChI=1S/C11H17N3/c1-2-5-10-8-12-11(13-9-10)14-6-3-4-7-14/h8-9H,2-7H2,1H3. The molecule has 2 rings (SSSR count). The van der Waals surface area contributed by atoms with Crippen LogP contribution in [0.5, 0.6) is 0 Å². The lowest BCUT2D eigenvalue weighted by molar-refractivity contribution is 0.864. The van der Waals surface area contributed by atoms with Crippen molar-refractivity contribution < 1.29 is 0 Å². The lowest BCUT2D eigenvalue weighted by atomic mass is 10.2. The molecule has 0 radical (unpaired) electrons. The molecule has 1 fully saturated rings. The van der Waals surface area contributed by atoms with Gasteiger partial charge in [-0.1, -0.05) is 13.3 Å². The van der Waals surface area contributed by atoms with Gasteiger partial charge >= 0.3 is 0 Å². The molecule has 0 unspecified atom stereocenters. The molecule has 1 aliphatic heterocycles. The first kappa shape index (κ1) is 9.44. The van der Waals surface area contributed by atoms with Crippen LogP contribution in [0.4, 0.5) is 5.95 Å². The molecule has 0 spiro atoms. The minimum absolute atomic E-state index is 0.905. The number of nitrogens with zero attached hydrogens (tertiary/aromatic N) is 3. The van der Waals surface area contributed by atoms with Gasteiger partial charge in [-0.15, -0.1) is 0 Å². The second-order valence-electron chi connectivity index (χ2n) is 3.84. The minimum atomic E-state index is 0.905. The van der Waals surface area contributed by atoms with Crippen LogP contribution in [0.2, 0.25) is 0 Å². The number of rotatable bonds is 3. The fourth-order valence-electron chi connectivity index (χ4n) is 1.85. The predicted molar refractivity (Wildman–Crippen MR) is 57.5 cm³/mol. The second kappa shape index (κ2) is 4.40. The molecule has 1 aromatic heterocycles. The van der Waals surface area contributed by atoms with Crippen LogP contribution in [0.25, 0.3) is 0 Å². The molecule has 1 aromatic rings. The van der Waals surface area contributed by atoms with E-state index in [1.807, 2.05) is 12.4 Å². The van der Waals surface area contributed by atoms with Crippen molar-refractivity contribution in [1.29, 1.82) is 0 Å². The van der Waals surface area contributed by atoms with E-state index in [1.54, 1.807) is 0 Å². The third kappa shape index (κ3) is 2.03. The fraction of sp³-hybridized carbons (Fsp3) is 0.636. The first-order valence-corrected chi connectivity index (χ1v) is 5.46. The summed E-state index contributed by atoms with van der Waals surface area (Å²) < 4.78 is 0. The Morgan fingerprint density at radius 1 is 1.21 bits per heavy atom. The van der Waals surface area contributed by atoms with Crippen LogP contribution < -0.4 is 4.90 Å². The normalized spacial score (nSPS) is 16.2. The Bertz CT molecular complexity index is 275. The van der Waals surface area contributed by atoms with Crippen LogP contribution in [-0.4, -0.2) is 23.1 Å². The van der Waals surface area contributed by atoms with Crippen molar-refractivity contribution >= 4 is 5.95 Å². The summed E-state index contributed by atoms with van der Waals surface area (Å²) in [6, 6.07) is 0. The summed E-state index contributed by atoms with van der Waals surface area (Å²) in [6.45, 7) is 4.41. The minimum Gasteiger partial charge on any atom is -0.341 e. The maximum absolute atomic E-state index is 4.39. The smallest absolute Gasteiger partial charge is 0.225 e. The number of anilines is 1. The first-order chi connectivity index (χ1) is 6.90. The predicted octanol–water partition coefficient (Wildman–Crippen LogP) is 2.03. The third-order valence-electron chi connectivity index (χ3n) is 2.62. The van der Waals surface area contributed by atoms with Gasteiger partial charge in [-0.05, 0) is 24.8 Å². The first-order valence-electron chi connectivity index (χ1n) is 5.46. The van der Waals surface area contributed by atoms with Gasteiger partial charge in [0.25, 0.3) is 0 Å². The van der Waals surface area contributed by atoms with E-state index in [2.05, 4.69) is 21.8 Å². The van der Waals surface area contributed by atoms with Crippen LogP contribution in [0.15, 0.2) is 12.4 Å². The van der Waals surface area contributed by atoms with Crippen LogP contribution in [-0.2, 0) is 6.42 Å². The Hall–Kier alpha value is -1.12. The van der Waals surface area contributed by atoms with E-state index in [4.69, 9.17) is 0 Å². The van der Waals surface area contributed by atoms with Crippen molar-refractivity contribution in [2.24, 2.45) is 0 Å². The lowest BCUT2D eigenvalue weighted by Crippen LogP contribution is -2.20. The highest BCUT2D eigenvalue weighted by Crippen LogP contribution is 2.14. The van der Waals surface area contributed by atoms with E-state index in [-0.39, 0.29) is 0 Å². The molecule has 3 heteroatoms. The monoisotopic (exact) mass is 191 g/mol. The molecule has 0 amide bonds. The van der Waals surface area contributed by atoms with E-state index >= 15 is 0 Å². The Morgan fingerprint density at radius 3 is 2.43 bits per heavy atom. The van der Waals surface area contributed by atoms with Gasteiger partial charge in [0.15, 0.2) is 0 Å². The molecule has 0 atom stereocenters. The molecule has 0 bridgehead atoms. The number of aryl methyl sites for hydroxylation is 1. The summed E-state index contributed by atoms with van der Waals surface area (Å²) in [5.41, 5.74) is 1.25. The number of hydrogen-bond acceptors (Lipinski definition) is 3. The molecule has 1 saturated heterocycles. The highest BCUT2D eigenvalue weighted by Gasteiger charge is 2.13. The molecule has 76 valence electrons. The Balaban J connectivity index is 2.05. The molecule has 0 aromatic carbocycles. The molecule has 1 aliphatic rings. The molecule has 0 aliphatic carbocycles. The third-order valence-corrected chi connectivity index (χ3v) is 2.62. The zero-order valence-corrected chi connectivity index (χ0v) is 8.74. The number of aromatic nitrogens is 2. The fourth-order valence-corrected chi connectivity index (χ4v) is 1.85. The summed E-state index contributed by atoms with van der Waals surface area (Å²) in [5, 5.41) is 0. The Morgan fingerprint density at radius 2 is 1.86 bits per heavy atom. The summed E-state index contributed by atoms with van der Waals surface area (Å²) in [5.74, 6) is 0.905. The lowest BCUT2D eigenvalue weighted by Gasteiger charge is -2.14. The summed E-state index contributed by atoms with van der Waals surface area (Å²) in [6.07, 6.45) is 8.72. The van der Waals surface area contributed by atoms with E-state index < -0.39 is 0 Å². The zero-order valence-electron chi connectivity index (χ0n) is 8.74. The van der Waals surface area contributed by atoms with Gasteiger partial charge < -0.3 is 4.90 Å². The van der Waals surface area contributed by atoms with Crippen molar-refractivity contribution in [3.63, 3.8) is 0 Å². The van der Waals surface area contributed by atoms with Crippen LogP contribution in [0.1, 0.15) is 31.7 Å². The average molecular weight is 191 g/mol. The number of hydrogen-bond donors (Lipinski definition) is 0. The molecular formula is C11H17N3. The van der Waals surface area contributed by atoms with Crippen molar-refractivity contribution in [3.05, 3.63) is 18.0 Å². The second-order valence-corrected chi connectivity index (χ2v) is 3.84. The maximum atomic E-state index is 4.39. The van der Waals surface area contributed by atoms with Gasteiger partial charge in [-0.25, -0.2) is 9.97 Å². The van der Waals surface area contributed by atoms with E-state index in [0.717, 1.165) is 31.9 Å². The Kier molecular flexibility index (Phi) is 2.96. The summed E-state index contributed by atoms with van der Waals surface area (Å²) in [4.78, 5) is 11.0. The maximum Gasteiger partial charge on any atom is 0.225 e. The average Bonchev–Trinajstić information content (AvgIpc) is 2.72. The van der Waals surface area contributed by atoms with Crippen molar-refractivity contribution in [3.8, 4) is 0 Å². The van der Waals surface area contributed by atoms with Gasteiger partial charge in [0, 0.05) is 25.5 Å². The zero-order chi connectivity index (χ0) is 9.80. The summed E-state index contributed by atoms with van der Waals surface area (Å²) >= 11 is 0. The van der Waals surface area contributed by atoms with Crippen LogP contribution in [0, 0.1) is 0 Å². The van der Waals surface area contributed by atoms with Crippen molar-refractivity contribution in [1.82, 2.24) is 9.97 Å². The largest absolute Gasteiger partial charge is 0.341 e. The molecule has 2 heterocycles. The van der Waals surface area contributed by atoms with Crippen molar-refractivity contribution in [2.75, 3.05) is 18.0 Å². The molecule has 0 N–H and O–H groups in total. The van der Waals surface area contributed by atoms with Gasteiger partial charge in [-0.3, -0.25) is 0 Å². The molecule has 14 heavy (non-hydrogen) atoms. The van der Waals surface area contributed by atoms with Gasteiger partial charge in [-0.2, -0.15) is 0 Å². The topological polar surface area (TPSA) is 29.0 Å². The summed E-state index contributed by atoms with van der Waals surface area (Å²) in [7, 11) is 0. The van der Waals surface area contributed by atoms with E-state index in [0.29, 0.717) is 0 Å². The molecule has 0 saturated carbocycles. The van der Waals surface area contributed by atoms with Gasteiger partial charge in [0.1, 0.15) is 0 Å². The van der Waals surface area contributed by atoms with Gasteiger partial charge in [0.2, 0.25) is 5.95 Å². The van der Waals surface area contributed by atoms with E-state index in [9.17, 15) is 0 Å². The Labute approximate surface area is 85.2 Å². The highest BCUT2D eigenvalue weighted by molar-refractivity contribution is 5.30. The molecule has 3 nitrogen and oxygen atoms in total. The van der Waals surface area contributed by atoms with Crippen molar-refractivity contribution in [2.45, 2.75) is 32.6 Å². The van der Waals surface area contributed by atoms with Gasteiger partial charge in [0.05, 0.1) is 0 Å². The van der Waals surface area contributed by atoms with Crippen LogP contribution in [0.3, 0.4) is 0 Å². The molecular weight excluding hydrogens is 174 g/mol. The van der Waals surface area contributed by atoms with E-state index in [1.165, 1.54) is 18.4 Å².